The fraction of sp³-hybridized carbons (Fsp3) is 0.312. The number of nitriles is 1. The van der Waals surface area contributed by atoms with Crippen LogP contribution in [0, 0.1) is 25.2 Å². The zero-order valence-corrected chi connectivity index (χ0v) is 12.1. The Morgan fingerprint density at radius 3 is 2.70 bits per heavy atom. The Bertz CT molecular complexity index is 643. The van der Waals surface area contributed by atoms with E-state index in [1.54, 1.807) is 13.0 Å². The van der Waals surface area contributed by atoms with Crippen molar-refractivity contribution in [2.75, 3.05) is 18.5 Å². The van der Waals surface area contributed by atoms with Gasteiger partial charge in [-0.05, 0) is 25.8 Å². The lowest BCUT2D eigenvalue weighted by Crippen LogP contribution is -2.22. The number of likely N-dealkylation sites (N-methyl/N-ethyl adjacent to an activating group) is 1. The van der Waals surface area contributed by atoms with Crippen molar-refractivity contribution in [1.29, 1.82) is 5.26 Å². The minimum Gasteiger partial charge on any atom is -0.359 e. The highest BCUT2D eigenvalue weighted by atomic mass is 15.2. The van der Waals surface area contributed by atoms with Crippen LogP contribution in [-0.4, -0.2) is 23.6 Å². The monoisotopic (exact) mass is 266 g/mol. The molecule has 0 radical (unpaired) electrons. The molecule has 1 aromatic carbocycles. The number of anilines is 1. The van der Waals surface area contributed by atoms with Crippen LogP contribution in [0.25, 0.3) is 0 Å². The first-order chi connectivity index (χ1) is 9.58. The molecule has 4 nitrogen and oxygen atoms in total. The van der Waals surface area contributed by atoms with Crippen LogP contribution in [-0.2, 0) is 6.42 Å². The van der Waals surface area contributed by atoms with Crippen LogP contribution in [0.2, 0.25) is 0 Å². The molecule has 0 N–H and O–H groups in total. The highest BCUT2D eigenvalue weighted by molar-refractivity contribution is 5.42. The third kappa shape index (κ3) is 3.55. The highest BCUT2D eigenvalue weighted by Gasteiger charge is 2.06. The van der Waals surface area contributed by atoms with Crippen LogP contribution in [0.4, 0.5) is 5.82 Å². The van der Waals surface area contributed by atoms with E-state index in [9.17, 15) is 0 Å². The number of hydrogen-bond donors (Lipinski definition) is 0. The summed E-state index contributed by atoms with van der Waals surface area (Å²) in [4.78, 5) is 10.5. The molecule has 1 aromatic heterocycles. The zero-order valence-electron chi connectivity index (χ0n) is 12.1. The van der Waals surface area contributed by atoms with Crippen molar-refractivity contribution in [2.24, 2.45) is 0 Å². The summed E-state index contributed by atoms with van der Waals surface area (Å²) in [5, 5.41) is 8.95. The first-order valence-corrected chi connectivity index (χ1v) is 6.61. The fourth-order valence-electron chi connectivity index (χ4n) is 2.08. The Kier molecular flexibility index (Phi) is 4.31. The summed E-state index contributed by atoms with van der Waals surface area (Å²) in [7, 11) is 1.98. The molecule has 0 unspecified atom stereocenters. The lowest BCUT2D eigenvalue weighted by atomic mass is 10.1. The second kappa shape index (κ2) is 6.16. The number of aromatic nitrogens is 2. The first kappa shape index (κ1) is 14.0. The summed E-state index contributed by atoms with van der Waals surface area (Å²) in [6.07, 6.45) is 0.948. The molecule has 102 valence electrons. The van der Waals surface area contributed by atoms with E-state index < -0.39 is 0 Å². The summed E-state index contributed by atoms with van der Waals surface area (Å²) in [6.45, 7) is 4.75. The Labute approximate surface area is 119 Å². The molecular formula is C16H18N4. The molecule has 0 aliphatic carbocycles. The Hall–Kier alpha value is -2.41. The van der Waals surface area contributed by atoms with Gasteiger partial charge in [0.2, 0.25) is 0 Å². The van der Waals surface area contributed by atoms with Gasteiger partial charge in [0, 0.05) is 19.7 Å². The molecule has 4 heteroatoms. The average molecular weight is 266 g/mol. The molecular weight excluding hydrogens is 248 g/mol. The smallest absolute Gasteiger partial charge is 0.146 e. The van der Waals surface area contributed by atoms with Crippen molar-refractivity contribution in [3.8, 4) is 6.07 Å². The third-order valence-corrected chi connectivity index (χ3v) is 3.15. The quantitative estimate of drug-likeness (QED) is 0.853. The van der Waals surface area contributed by atoms with Crippen molar-refractivity contribution in [3.63, 3.8) is 0 Å². The number of hydrogen-bond acceptors (Lipinski definition) is 4. The molecule has 0 fully saturated rings. The maximum atomic E-state index is 8.95. The molecule has 2 rings (SSSR count). The molecule has 0 aliphatic heterocycles. The van der Waals surface area contributed by atoms with Crippen molar-refractivity contribution in [1.82, 2.24) is 9.97 Å². The van der Waals surface area contributed by atoms with E-state index in [1.165, 1.54) is 11.1 Å². The largest absolute Gasteiger partial charge is 0.359 e. The number of nitrogens with zero attached hydrogens (tertiary/aromatic N) is 4. The maximum absolute atomic E-state index is 8.95. The number of benzene rings is 1. The molecule has 0 saturated carbocycles. The Morgan fingerprint density at radius 2 is 2.00 bits per heavy atom. The lowest BCUT2D eigenvalue weighted by molar-refractivity contribution is 0.846. The SMILES string of the molecule is Cc1cccc(CCN(C)c2cc(C#N)nc(C)n2)c1. The van der Waals surface area contributed by atoms with Crippen LogP contribution >= 0.6 is 0 Å². The summed E-state index contributed by atoms with van der Waals surface area (Å²) in [5.74, 6) is 1.42. The van der Waals surface area contributed by atoms with Gasteiger partial charge in [0.1, 0.15) is 23.4 Å². The van der Waals surface area contributed by atoms with Crippen LogP contribution in [0.5, 0.6) is 0 Å². The minimum atomic E-state index is 0.412. The standard InChI is InChI=1S/C16H18N4/c1-12-5-4-6-14(9-12)7-8-20(3)16-10-15(11-17)18-13(2)19-16/h4-6,9-10H,7-8H2,1-3H3. The Balaban J connectivity index is 2.07. The second-order valence-electron chi connectivity index (χ2n) is 4.93. The van der Waals surface area contributed by atoms with E-state index in [4.69, 9.17) is 5.26 Å². The van der Waals surface area contributed by atoms with Gasteiger partial charge in [-0.25, -0.2) is 9.97 Å². The first-order valence-electron chi connectivity index (χ1n) is 6.61. The number of aryl methyl sites for hydroxylation is 2. The topological polar surface area (TPSA) is 52.8 Å². The van der Waals surface area contributed by atoms with Gasteiger partial charge in [-0.2, -0.15) is 5.26 Å². The van der Waals surface area contributed by atoms with Gasteiger partial charge in [-0.15, -0.1) is 0 Å². The normalized spacial score (nSPS) is 10.1. The number of rotatable bonds is 4. The summed E-state index contributed by atoms with van der Waals surface area (Å²) < 4.78 is 0. The van der Waals surface area contributed by atoms with E-state index in [1.807, 2.05) is 7.05 Å². The van der Waals surface area contributed by atoms with Gasteiger partial charge >= 0.3 is 0 Å². The molecule has 0 atom stereocenters. The Morgan fingerprint density at radius 1 is 1.20 bits per heavy atom. The van der Waals surface area contributed by atoms with Crippen molar-refractivity contribution >= 4 is 5.82 Å². The van der Waals surface area contributed by atoms with E-state index in [-0.39, 0.29) is 0 Å². The molecule has 0 spiro atoms. The van der Waals surface area contributed by atoms with Gasteiger partial charge in [0.25, 0.3) is 0 Å². The predicted molar refractivity (Wildman–Crippen MR) is 79.6 cm³/mol. The summed E-state index contributed by atoms with van der Waals surface area (Å²) in [5.41, 5.74) is 2.99. The van der Waals surface area contributed by atoms with Crippen LogP contribution < -0.4 is 4.90 Å². The molecule has 2 aromatic rings. The zero-order chi connectivity index (χ0) is 14.5. The molecule has 0 bridgehead atoms. The maximum Gasteiger partial charge on any atom is 0.146 e. The third-order valence-electron chi connectivity index (χ3n) is 3.15. The van der Waals surface area contributed by atoms with E-state index in [0.29, 0.717) is 11.5 Å². The van der Waals surface area contributed by atoms with E-state index in [0.717, 1.165) is 18.8 Å². The molecule has 0 amide bonds. The summed E-state index contributed by atoms with van der Waals surface area (Å²) in [6, 6.07) is 12.3. The van der Waals surface area contributed by atoms with Crippen molar-refractivity contribution < 1.29 is 0 Å². The van der Waals surface area contributed by atoms with Gasteiger partial charge in [0.05, 0.1) is 0 Å². The minimum absolute atomic E-state index is 0.412. The van der Waals surface area contributed by atoms with Gasteiger partial charge < -0.3 is 4.90 Å². The van der Waals surface area contributed by atoms with E-state index >= 15 is 0 Å². The van der Waals surface area contributed by atoms with Crippen LogP contribution in [0.15, 0.2) is 30.3 Å². The van der Waals surface area contributed by atoms with Gasteiger partial charge in [0.15, 0.2) is 0 Å². The van der Waals surface area contributed by atoms with Crippen molar-refractivity contribution in [2.45, 2.75) is 20.3 Å². The predicted octanol–water partition coefficient (Wildman–Crippen LogP) is 2.64. The fourth-order valence-corrected chi connectivity index (χ4v) is 2.08. The average Bonchev–Trinajstić information content (AvgIpc) is 2.44. The van der Waals surface area contributed by atoms with Gasteiger partial charge in [-0.1, -0.05) is 29.8 Å². The van der Waals surface area contributed by atoms with Gasteiger partial charge in [-0.3, -0.25) is 0 Å². The molecule has 0 saturated heterocycles. The van der Waals surface area contributed by atoms with Crippen LogP contribution in [0.1, 0.15) is 22.6 Å². The van der Waals surface area contributed by atoms with E-state index in [2.05, 4.69) is 52.1 Å². The van der Waals surface area contributed by atoms with Crippen LogP contribution in [0.3, 0.4) is 0 Å². The molecule has 0 aliphatic rings. The molecule has 1 heterocycles. The van der Waals surface area contributed by atoms with Crippen molar-refractivity contribution in [3.05, 3.63) is 53.0 Å². The highest BCUT2D eigenvalue weighted by Crippen LogP contribution is 2.12. The molecule has 20 heavy (non-hydrogen) atoms. The second-order valence-corrected chi connectivity index (χ2v) is 4.93. The summed E-state index contributed by atoms with van der Waals surface area (Å²) >= 11 is 0. The lowest BCUT2D eigenvalue weighted by Gasteiger charge is -2.18.